The molecule has 56 heavy (non-hydrogen) atoms. The summed E-state index contributed by atoms with van der Waals surface area (Å²) in [5.41, 5.74) is 4.28. The van der Waals surface area contributed by atoms with Crippen molar-refractivity contribution < 1.29 is 35.2 Å². The minimum absolute atomic E-state index is 0.0360. The molecule has 4 rings (SSSR count). The Morgan fingerprint density at radius 1 is 0.732 bits per heavy atom. The number of aldehydes is 1. The molecule has 0 N–H and O–H groups in total. The van der Waals surface area contributed by atoms with E-state index < -0.39 is 34.4 Å². The highest BCUT2D eigenvalue weighted by atomic mass is 35.5. The predicted molar refractivity (Wildman–Crippen MR) is 227 cm³/mol. The molecule has 2 aromatic carbocycles. The van der Waals surface area contributed by atoms with Gasteiger partial charge < -0.3 is 0 Å². The molecule has 0 saturated heterocycles. The maximum atomic E-state index is 13.3. The van der Waals surface area contributed by atoms with E-state index in [9.17, 15) is 35.2 Å². The second-order valence-corrected chi connectivity index (χ2v) is 17.8. The van der Waals surface area contributed by atoms with Gasteiger partial charge in [-0.2, -0.15) is 0 Å². The first-order chi connectivity index (χ1) is 26.5. The van der Waals surface area contributed by atoms with E-state index in [4.69, 9.17) is 24.5 Å². The Hall–Kier alpha value is -3.95. The van der Waals surface area contributed by atoms with Gasteiger partial charge in [-0.1, -0.05) is 48.4 Å². The Morgan fingerprint density at radius 2 is 1.05 bits per heavy atom. The summed E-state index contributed by atoms with van der Waals surface area (Å²) in [4.78, 5) is 38.3. The average Bonchev–Trinajstić information content (AvgIpc) is 3.14. The van der Waals surface area contributed by atoms with Gasteiger partial charge in [-0.05, 0) is 74.0 Å². The van der Waals surface area contributed by atoms with Crippen molar-refractivity contribution in [1.29, 1.82) is 1.28 Å². The molecule has 306 valence electrons. The predicted octanol–water partition coefficient (Wildman–Crippen LogP) is 8.36. The molecule has 2 aromatic heterocycles. The summed E-state index contributed by atoms with van der Waals surface area (Å²) in [6, 6.07) is 12.1. The number of alkyl halides is 2. The number of rotatable bonds is 11. The normalized spacial score (nSPS) is 12.0. The van der Waals surface area contributed by atoms with Gasteiger partial charge in [0, 0.05) is 30.8 Å². The lowest BCUT2D eigenvalue weighted by Crippen LogP contribution is -2.27. The molecule has 1 atom stereocenters. The summed E-state index contributed by atoms with van der Waals surface area (Å²) < 4.78 is 82.3. The van der Waals surface area contributed by atoms with E-state index in [0.717, 1.165) is 32.4 Å². The first kappa shape index (κ1) is 48.2. The lowest BCUT2D eigenvalue weighted by Gasteiger charge is -2.20. The number of carbonyl (C=O) groups excluding carboxylic acids is 2. The highest BCUT2D eigenvalue weighted by Gasteiger charge is 2.24. The largest absolute Gasteiger partial charge is 0.299 e. The van der Waals surface area contributed by atoms with Gasteiger partial charge in [0.15, 0.2) is 6.29 Å². The second kappa shape index (κ2) is 23.3. The van der Waals surface area contributed by atoms with Crippen molar-refractivity contribution in [2.45, 2.75) is 46.5 Å². The Labute approximate surface area is 342 Å². The molecule has 0 bridgehead atoms. The van der Waals surface area contributed by atoms with Crippen molar-refractivity contribution in [2.24, 2.45) is 0 Å². The number of aromatic nitrogens is 4. The topological polar surface area (TPSA) is 160 Å². The summed E-state index contributed by atoms with van der Waals surface area (Å²) >= 11 is 9.53. The van der Waals surface area contributed by atoms with Crippen LogP contribution in [0.3, 0.4) is 0 Å². The fraction of sp³-hybridized carbons (Fsp3) is 0.351. The van der Waals surface area contributed by atoms with Gasteiger partial charge in [-0.3, -0.25) is 9.59 Å². The van der Waals surface area contributed by atoms with E-state index in [1.807, 2.05) is 46.8 Å². The number of halogens is 4. The van der Waals surface area contributed by atoms with Crippen LogP contribution in [0.1, 0.15) is 73.8 Å². The first-order valence-electron chi connectivity index (χ1n) is 17.0. The lowest BCUT2D eigenvalue weighted by atomic mass is 9.98. The van der Waals surface area contributed by atoms with Crippen LogP contribution in [0.4, 0.5) is 20.7 Å². The number of anilines is 2. The average molecular weight is 877 g/mol. The van der Waals surface area contributed by atoms with Crippen molar-refractivity contribution in [3.05, 3.63) is 88.8 Å². The molecular weight excluding hydrogens is 828 g/mol. The smallest absolute Gasteiger partial charge is 0.239 e. The summed E-state index contributed by atoms with van der Waals surface area (Å²) in [5, 5.41) is 0.194. The zero-order valence-corrected chi connectivity index (χ0v) is 36.7. The van der Waals surface area contributed by atoms with Crippen LogP contribution < -0.4 is 8.61 Å². The van der Waals surface area contributed by atoms with Crippen molar-refractivity contribution >= 4 is 82.1 Å². The molecule has 0 fully saturated rings. The quantitative estimate of drug-likeness (QED) is 0.0814. The van der Waals surface area contributed by atoms with E-state index >= 15 is 0 Å². The van der Waals surface area contributed by atoms with Gasteiger partial charge in [0.25, 0.3) is 0 Å². The van der Waals surface area contributed by atoms with Crippen LogP contribution in [-0.2, 0) is 24.8 Å². The van der Waals surface area contributed by atoms with Gasteiger partial charge in [-0.25, -0.2) is 54.2 Å². The monoisotopic (exact) mass is 875 g/mol. The minimum atomic E-state index is -3.56. The number of allylic oxidation sites excluding steroid dienone is 1. The third kappa shape index (κ3) is 14.8. The molecule has 1 unspecified atom stereocenters. The minimum Gasteiger partial charge on any atom is -0.299 e. The Morgan fingerprint density at radius 3 is 1.32 bits per heavy atom. The molecule has 0 amide bonds. The van der Waals surface area contributed by atoms with Crippen LogP contribution in [0.2, 0.25) is 0 Å². The molecule has 0 radical (unpaired) electrons. The zero-order chi connectivity index (χ0) is 43.8. The number of sulfonamides is 2. The number of benzene rings is 2. The summed E-state index contributed by atoms with van der Waals surface area (Å²) in [7, 11) is -5.34. The summed E-state index contributed by atoms with van der Waals surface area (Å²) in [6.07, 6.45) is 6.54. The molecule has 0 aliphatic carbocycles. The van der Waals surface area contributed by atoms with Gasteiger partial charge >= 0.3 is 0 Å². The maximum absolute atomic E-state index is 13.3. The van der Waals surface area contributed by atoms with Crippen molar-refractivity contribution in [3.8, 4) is 22.5 Å². The summed E-state index contributed by atoms with van der Waals surface area (Å²) in [5.74, 6) is -0.773. The Bertz CT molecular complexity index is 2200. The van der Waals surface area contributed by atoms with Gasteiger partial charge in [-0.15, -0.1) is 23.2 Å². The molecular formula is C37H47Cl2F2N6O6PS2. The molecule has 0 aliphatic heterocycles. The van der Waals surface area contributed by atoms with Crippen LogP contribution in [0.5, 0.6) is 0 Å². The van der Waals surface area contributed by atoms with Crippen molar-refractivity contribution in [1.82, 2.24) is 19.9 Å². The van der Waals surface area contributed by atoms with Gasteiger partial charge in [0.05, 0.1) is 47.5 Å². The number of carbonyl (C=O) groups is 2. The molecule has 0 spiro atoms. The maximum Gasteiger partial charge on any atom is 0.239 e. The second-order valence-electron chi connectivity index (χ2n) is 12.2. The zero-order valence-electron chi connectivity index (χ0n) is 33.7. The first-order valence-corrected chi connectivity index (χ1v) is 22.8. The third-order valence-electron chi connectivity index (χ3n) is 7.37. The number of hydrogen-bond donors (Lipinski definition) is 0. The van der Waals surface area contributed by atoms with Crippen LogP contribution >= 0.6 is 31.7 Å². The fourth-order valence-electron chi connectivity index (χ4n) is 4.51. The lowest BCUT2D eigenvalue weighted by molar-refractivity contribution is 0.112. The van der Waals surface area contributed by atoms with Crippen molar-refractivity contribution in [2.75, 3.05) is 47.2 Å². The fourth-order valence-corrected chi connectivity index (χ4v) is 5.27. The Kier molecular flexibility index (Phi) is 20.1. The van der Waals surface area contributed by atoms with E-state index in [1.54, 1.807) is 18.8 Å². The van der Waals surface area contributed by atoms with E-state index in [1.165, 1.54) is 50.5 Å². The highest BCUT2D eigenvalue weighted by Crippen LogP contribution is 2.32. The SMILES string of the molecule is CC(C)c1nc(N(C)S(C)(=O)=O)nc(-c2ccc(F)cc2)c1C=O.CC=Cc1c(-c2ccc(F)cc2)nc(N(C)S(C)(=O)=O)nc1C(C)C.ClCCl.[2H]P(C)C=O. The third-order valence-corrected chi connectivity index (χ3v) is 9.90. The van der Waals surface area contributed by atoms with Crippen LogP contribution in [0.15, 0.2) is 54.6 Å². The van der Waals surface area contributed by atoms with Crippen molar-refractivity contribution in [3.63, 3.8) is 0 Å². The van der Waals surface area contributed by atoms with Crippen LogP contribution in [0, 0.1) is 11.6 Å². The number of hydrogen-bond acceptors (Lipinski definition) is 10. The summed E-state index contributed by atoms with van der Waals surface area (Å²) in [6.45, 7) is 11.1. The molecule has 19 heteroatoms. The van der Waals surface area contributed by atoms with Crippen LogP contribution in [0.25, 0.3) is 28.6 Å². The molecule has 4 aromatic rings. The standard InChI is InChI=1S/C18H22FN3O2S.C16H18FN3O3S.C2H5OP.CH2Cl2/c1-6-7-15-16(12(2)3)20-18(22(4)25(5,23)24)21-17(15)13-8-10-14(19)11-9-13;1-10(2)14-13(9-21)15(11-5-7-12(17)8-6-11)19-16(18-14)20(3)24(4,22)23;1-4-2-3;2-1-3/h6-12H,1-5H3;5-10H,1-4H3;2,4H,1H3;1H2/i;;4D;. The molecule has 2 heterocycles. The number of nitrogens with zero attached hydrogens (tertiary/aromatic N) is 6. The van der Waals surface area contributed by atoms with E-state index in [-0.39, 0.29) is 46.1 Å². The van der Waals surface area contributed by atoms with E-state index in [0.29, 0.717) is 34.8 Å². The van der Waals surface area contributed by atoms with Gasteiger partial charge in [0.2, 0.25) is 31.9 Å². The molecule has 12 nitrogen and oxygen atoms in total. The molecule has 0 saturated carbocycles. The van der Waals surface area contributed by atoms with Crippen LogP contribution in [-0.4, -0.2) is 89.0 Å². The van der Waals surface area contributed by atoms with Gasteiger partial charge in [0.1, 0.15) is 17.7 Å². The highest BCUT2D eigenvalue weighted by molar-refractivity contribution is 7.92. The van der Waals surface area contributed by atoms with E-state index in [2.05, 4.69) is 19.9 Å². The molecule has 0 aliphatic rings. The Balaban J connectivity index is 0.000000480.